The number of para-hydroxylation sites is 1. The van der Waals surface area contributed by atoms with Crippen LogP contribution in [-0.2, 0) is 6.42 Å². The highest BCUT2D eigenvalue weighted by Gasteiger charge is 2.05. The average Bonchev–Trinajstić information content (AvgIpc) is 2.52. The molecule has 3 heteroatoms. The molecule has 0 unspecified atom stereocenters. The van der Waals surface area contributed by atoms with Gasteiger partial charge in [0.25, 0.3) is 0 Å². The lowest BCUT2D eigenvalue weighted by atomic mass is 10.1. The maximum absolute atomic E-state index is 5.95. The van der Waals surface area contributed by atoms with Gasteiger partial charge < -0.3 is 15.4 Å². The van der Waals surface area contributed by atoms with Crippen LogP contribution < -0.4 is 15.4 Å². The quantitative estimate of drug-likeness (QED) is 0.787. The molecule has 112 valence electrons. The number of nitrogens with zero attached hydrogens (tertiary/aromatic N) is 1. The summed E-state index contributed by atoms with van der Waals surface area (Å²) in [5.74, 6) is 0.748. The summed E-state index contributed by atoms with van der Waals surface area (Å²) in [5, 5.41) is 0. The van der Waals surface area contributed by atoms with Gasteiger partial charge in [0, 0.05) is 18.8 Å². The van der Waals surface area contributed by atoms with E-state index in [1.807, 2.05) is 12.1 Å². The molecule has 21 heavy (non-hydrogen) atoms. The van der Waals surface area contributed by atoms with Gasteiger partial charge in [-0.15, -0.1) is 0 Å². The summed E-state index contributed by atoms with van der Waals surface area (Å²) in [6.45, 7) is 4.26. The third kappa shape index (κ3) is 4.15. The first-order valence-electron chi connectivity index (χ1n) is 7.47. The van der Waals surface area contributed by atoms with E-state index in [2.05, 4.69) is 48.2 Å². The van der Waals surface area contributed by atoms with Crippen LogP contribution in [0, 0.1) is 0 Å². The Kier molecular flexibility index (Phi) is 5.50. The second-order valence-electron chi connectivity index (χ2n) is 5.10. The normalized spacial score (nSPS) is 10.4. The Bertz CT molecular complexity index is 554. The van der Waals surface area contributed by atoms with Crippen LogP contribution in [0.25, 0.3) is 0 Å². The number of aryl methyl sites for hydroxylation is 1. The van der Waals surface area contributed by atoms with Crippen LogP contribution in [0.15, 0.2) is 48.5 Å². The molecule has 2 aromatic rings. The van der Waals surface area contributed by atoms with Crippen molar-refractivity contribution in [3.8, 4) is 5.75 Å². The molecule has 0 aliphatic carbocycles. The number of nitrogen functional groups attached to an aromatic ring is 1. The zero-order valence-corrected chi connectivity index (χ0v) is 12.9. The summed E-state index contributed by atoms with van der Waals surface area (Å²) in [5.41, 5.74) is 9.21. The number of nitrogens with two attached hydrogens (primary N) is 1. The van der Waals surface area contributed by atoms with Gasteiger partial charge >= 0.3 is 0 Å². The molecule has 0 fully saturated rings. The Labute approximate surface area is 127 Å². The number of benzene rings is 2. The van der Waals surface area contributed by atoms with E-state index in [1.54, 1.807) is 7.11 Å². The van der Waals surface area contributed by atoms with E-state index >= 15 is 0 Å². The Morgan fingerprint density at radius 3 is 2.48 bits per heavy atom. The van der Waals surface area contributed by atoms with Crippen molar-refractivity contribution in [3.63, 3.8) is 0 Å². The lowest BCUT2D eigenvalue weighted by Crippen LogP contribution is -2.24. The van der Waals surface area contributed by atoms with Crippen molar-refractivity contribution in [3.05, 3.63) is 54.1 Å². The summed E-state index contributed by atoms with van der Waals surface area (Å²) >= 11 is 0. The molecule has 0 heterocycles. The molecule has 2 rings (SSSR count). The predicted molar refractivity (Wildman–Crippen MR) is 90.1 cm³/mol. The highest BCUT2D eigenvalue weighted by molar-refractivity contribution is 5.54. The van der Waals surface area contributed by atoms with Gasteiger partial charge in [0.1, 0.15) is 5.75 Å². The fourth-order valence-electron chi connectivity index (χ4n) is 2.52. The lowest BCUT2D eigenvalue weighted by Gasteiger charge is -2.23. The number of hydrogen-bond acceptors (Lipinski definition) is 3. The Morgan fingerprint density at radius 1 is 1.10 bits per heavy atom. The number of ether oxygens (including phenoxy) is 1. The second-order valence-corrected chi connectivity index (χ2v) is 5.10. The van der Waals surface area contributed by atoms with Crippen molar-refractivity contribution in [2.75, 3.05) is 30.8 Å². The monoisotopic (exact) mass is 284 g/mol. The summed E-state index contributed by atoms with van der Waals surface area (Å²) in [4.78, 5) is 2.40. The molecule has 0 aliphatic rings. The van der Waals surface area contributed by atoms with Crippen molar-refractivity contribution in [1.82, 2.24) is 0 Å². The fraction of sp³-hybridized carbons (Fsp3) is 0.333. The van der Waals surface area contributed by atoms with E-state index in [-0.39, 0.29) is 0 Å². The number of methoxy groups -OCH3 is 1. The van der Waals surface area contributed by atoms with E-state index in [0.717, 1.165) is 31.7 Å². The minimum atomic E-state index is 0.713. The van der Waals surface area contributed by atoms with Crippen LogP contribution in [-0.4, -0.2) is 20.2 Å². The Balaban J connectivity index is 1.90. The van der Waals surface area contributed by atoms with Crippen molar-refractivity contribution in [1.29, 1.82) is 0 Å². The highest BCUT2D eigenvalue weighted by atomic mass is 16.5. The molecule has 2 aromatic carbocycles. The molecule has 0 saturated carbocycles. The van der Waals surface area contributed by atoms with E-state index in [9.17, 15) is 0 Å². The predicted octanol–water partition coefficient (Wildman–Crippen LogP) is 3.74. The molecule has 0 saturated heterocycles. The van der Waals surface area contributed by atoms with Crippen molar-refractivity contribution in [2.24, 2.45) is 0 Å². The first-order valence-corrected chi connectivity index (χ1v) is 7.47. The van der Waals surface area contributed by atoms with E-state index < -0.39 is 0 Å². The first kappa shape index (κ1) is 15.2. The Morgan fingerprint density at radius 2 is 1.86 bits per heavy atom. The van der Waals surface area contributed by atoms with Crippen LogP contribution in [0.3, 0.4) is 0 Å². The van der Waals surface area contributed by atoms with E-state index in [0.29, 0.717) is 5.69 Å². The third-order valence-electron chi connectivity index (χ3n) is 3.69. The van der Waals surface area contributed by atoms with Gasteiger partial charge in [-0.2, -0.15) is 0 Å². The molecule has 0 radical (unpaired) electrons. The van der Waals surface area contributed by atoms with Crippen LogP contribution in [0.1, 0.15) is 18.9 Å². The van der Waals surface area contributed by atoms with Crippen LogP contribution >= 0.6 is 0 Å². The zero-order valence-electron chi connectivity index (χ0n) is 12.9. The summed E-state index contributed by atoms with van der Waals surface area (Å²) in [7, 11) is 1.64. The van der Waals surface area contributed by atoms with Gasteiger partial charge in [-0.25, -0.2) is 0 Å². The number of rotatable bonds is 7. The van der Waals surface area contributed by atoms with Gasteiger partial charge in [-0.1, -0.05) is 24.3 Å². The second kappa shape index (κ2) is 7.58. The maximum atomic E-state index is 5.95. The smallest absolute Gasteiger partial charge is 0.141 e. The molecule has 2 N–H and O–H groups in total. The molecule has 0 atom stereocenters. The molecule has 0 spiro atoms. The molecule has 0 aromatic heterocycles. The largest absolute Gasteiger partial charge is 0.495 e. The van der Waals surface area contributed by atoms with Gasteiger partial charge in [-0.3, -0.25) is 0 Å². The molecule has 0 amide bonds. The zero-order chi connectivity index (χ0) is 15.1. The van der Waals surface area contributed by atoms with Crippen molar-refractivity contribution < 1.29 is 4.74 Å². The Hall–Kier alpha value is -2.16. The van der Waals surface area contributed by atoms with Crippen LogP contribution in [0.2, 0.25) is 0 Å². The summed E-state index contributed by atoms with van der Waals surface area (Å²) in [6, 6.07) is 16.6. The van der Waals surface area contributed by atoms with E-state index in [4.69, 9.17) is 10.5 Å². The van der Waals surface area contributed by atoms with Gasteiger partial charge in [0.05, 0.1) is 12.8 Å². The topological polar surface area (TPSA) is 38.5 Å². The molecule has 0 bridgehead atoms. The summed E-state index contributed by atoms with van der Waals surface area (Å²) in [6.07, 6.45) is 2.13. The maximum Gasteiger partial charge on any atom is 0.141 e. The van der Waals surface area contributed by atoms with Crippen LogP contribution in [0.5, 0.6) is 5.75 Å². The SMILES string of the molecule is CCN(CCCc1ccc(OC)c(N)c1)c1ccccc1. The number of hydrogen-bond donors (Lipinski definition) is 1. The fourth-order valence-corrected chi connectivity index (χ4v) is 2.52. The first-order chi connectivity index (χ1) is 10.2. The minimum absolute atomic E-state index is 0.713. The molecular weight excluding hydrogens is 260 g/mol. The standard InChI is InChI=1S/C18H24N2O/c1-3-20(16-9-5-4-6-10-16)13-7-8-15-11-12-18(21-2)17(19)14-15/h4-6,9-12,14H,3,7-8,13,19H2,1-2H3. The van der Waals surface area contributed by atoms with Gasteiger partial charge in [-0.05, 0) is 49.6 Å². The highest BCUT2D eigenvalue weighted by Crippen LogP contribution is 2.22. The molecule has 0 aliphatic heterocycles. The number of anilines is 2. The summed E-state index contributed by atoms with van der Waals surface area (Å²) < 4.78 is 5.18. The van der Waals surface area contributed by atoms with E-state index in [1.165, 1.54) is 11.3 Å². The van der Waals surface area contributed by atoms with Crippen molar-refractivity contribution in [2.45, 2.75) is 19.8 Å². The van der Waals surface area contributed by atoms with Crippen molar-refractivity contribution >= 4 is 11.4 Å². The lowest BCUT2D eigenvalue weighted by molar-refractivity contribution is 0.417. The minimum Gasteiger partial charge on any atom is -0.495 e. The molecule has 3 nitrogen and oxygen atoms in total. The van der Waals surface area contributed by atoms with Crippen LogP contribution in [0.4, 0.5) is 11.4 Å². The average molecular weight is 284 g/mol. The molecular formula is C18H24N2O. The van der Waals surface area contributed by atoms with Gasteiger partial charge in [0.2, 0.25) is 0 Å². The van der Waals surface area contributed by atoms with Gasteiger partial charge in [0.15, 0.2) is 0 Å². The third-order valence-corrected chi connectivity index (χ3v) is 3.69.